The van der Waals surface area contributed by atoms with E-state index in [1.54, 1.807) is 30.0 Å². The summed E-state index contributed by atoms with van der Waals surface area (Å²) < 4.78 is 43.6. The summed E-state index contributed by atoms with van der Waals surface area (Å²) in [5.41, 5.74) is 0.724. The minimum Gasteiger partial charge on any atom is -0.497 e. The highest BCUT2D eigenvalue weighted by molar-refractivity contribution is 7.89. The van der Waals surface area contributed by atoms with Crippen LogP contribution in [-0.4, -0.2) is 75.9 Å². The van der Waals surface area contributed by atoms with Crippen LogP contribution in [0.2, 0.25) is 0 Å². The summed E-state index contributed by atoms with van der Waals surface area (Å²) in [5.74, 6) is 0.851. The van der Waals surface area contributed by atoms with E-state index >= 15 is 0 Å². The highest BCUT2D eigenvalue weighted by atomic mass is 32.2. The van der Waals surface area contributed by atoms with Crippen LogP contribution in [0.1, 0.15) is 17.3 Å². The molecule has 4 rings (SSSR count). The lowest BCUT2D eigenvalue weighted by Crippen LogP contribution is -2.50. The van der Waals surface area contributed by atoms with Crippen molar-refractivity contribution in [3.05, 3.63) is 42.0 Å². The standard InChI is InChI=1S/C22H25N3O7S/c1-14-21(26)23-19-13-18(4-5-20(19)32-14)33(28,29)25-8-6-24(7-9-25)22(27)15-10-16(30-2)12-17(11-15)31-3/h4-5,10-14H,6-9H2,1-3H3,(H,23,26)/t14-/m1/s1. The number of sulfonamides is 1. The zero-order chi connectivity index (χ0) is 23.8. The molecule has 2 aromatic rings. The first kappa shape index (κ1) is 22.9. The molecule has 1 N–H and O–H groups in total. The van der Waals surface area contributed by atoms with Crippen molar-refractivity contribution in [3.8, 4) is 17.2 Å². The molecular formula is C22H25N3O7S. The van der Waals surface area contributed by atoms with Crippen LogP contribution >= 0.6 is 0 Å². The molecule has 2 aromatic carbocycles. The largest absolute Gasteiger partial charge is 0.497 e. The smallest absolute Gasteiger partial charge is 0.265 e. The number of anilines is 1. The van der Waals surface area contributed by atoms with Gasteiger partial charge in [-0.3, -0.25) is 9.59 Å². The van der Waals surface area contributed by atoms with Crippen LogP contribution in [0.25, 0.3) is 0 Å². The van der Waals surface area contributed by atoms with Gasteiger partial charge in [0, 0.05) is 37.8 Å². The Bertz CT molecular complexity index is 1170. The van der Waals surface area contributed by atoms with E-state index in [1.807, 2.05) is 0 Å². The average Bonchev–Trinajstić information content (AvgIpc) is 2.83. The number of fused-ring (bicyclic) bond motifs is 1. The Labute approximate surface area is 192 Å². The van der Waals surface area contributed by atoms with Crippen LogP contribution < -0.4 is 19.5 Å². The van der Waals surface area contributed by atoms with Gasteiger partial charge in [-0.25, -0.2) is 8.42 Å². The molecule has 1 saturated heterocycles. The summed E-state index contributed by atoms with van der Waals surface area (Å²) in [4.78, 5) is 26.5. The highest BCUT2D eigenvalue weighted by Gasteiger charge is 2.32. The molecule has 2 heterocycles. The highest BCUT2D eigenvalue weighted by Crippen LogP contribution is 2.33. The summed E-state index contributed by atoms with van der Waals surface area (Å²) >= 11 is 0. The molecule has 33 heavy (non-hydrogen) atoms. The first-order chi connectivity index (χ1) is 15.7. The zero-order valence-electron chi connectivity index (χ0n) is 18.5. The van der Waals surface area contributed by atoms with Crippen molar-refractivity contribution in [2.45, 2.75) is 17.9 Å². The molecule has 0 bridgehead atoms. The van der Waals surface area contributed by atoms with Gasteiger partial charge in [0.2, 0.25) is 10.0 Å². The predicted octanol–water partition coefficient (Wildman–Crippen LogP) is 1.57. The number of hydrogen-bond acceptors (Lipinski definition) is 7. The molecule has 2 amide bonds. The van der Waals surface area contributed by atoms with Crippen LogP contribution in [0.5, 0.6) is 17.2 Å². The molecule has 0 aliphatic carbocycles. The van der Waals surface area contributed by atoms with Crippen LogP contribution in [0.15, 0.2) is 41.3 Å². The molecule has 0 saturated carbocycles. The number of carbonyl (C=O) groups is 2. The maximum absolute atomic E-state index is 13.2. The Morgan fingerprint density at radius 1 is 1.03 bits per heavy atom. The number of hydrogen-bond donors (Lipinski definition) is 1. The summed E-state index contributed by atoms with van der Waals surface area (Å²) in [6.45, 7) is 2.38. The Morgan fingerprint density at radius 2 is 1.67 bits per heavy atom. The predicted molar refractivity (Wildman–Crippen MR) is 119 cm³/mol. The Hall–Kier alpha value is -3.31. The Morgan fingerprint density at radius 3 is 2.27 bits per heavy atom. The van der Waals surface area contributed by atoms with E-state index in [-0.39, 0.29) is 42.9 Å². The van der Waals surface area contributed by atoms with Gasteiger partial charge in [0.15, 0.2) is 6.10 Å². The van der Waals surface area contributed by atoms with Gasteiger partial charge in [0.25, 0.3) is 11.8 Å². The van der Waals surface area contributed by atoms with Gasteiger partial charge in [-0.1, -0.05) is 0 Å². The van der Waals surface area contributed by atoms with E-state index in [4.69, 9.17) is 14.2 Å². The van der Waals surface area contributed by atoms with E-state index < -0.39 is 16.1 Å². The van der Waals surface area contributed by atoms with Crippen molar-refractivity contribution in [1.29, 1.82) is 0 Å². The van der Waals surface area contributed by atoms with Gasteiger partial charge in [-0.2, -0.15) is 4.31 Å². The van der Waals surface area contributed by atoms with E-state index in [9.17, 15) is 18.0 Å². The van der Waals surface area contributed by atoms with Crippen molar-refractivity contribution >= 4 is 27.5 Å². The Kier molecular flexibility index (Phi) is 6.17. The molecule has 0 radical (unpaired) electrons. The molecule has 1 atom stereocenters. The van der Waals surface area contributed by atoms with Crippen LogP contribution in [0, 0.1) is 0 Å². The number of amides is 2. The number of piperazine rings is 1. The molecule has 10 nitrogen and oxygen atoms in total. The Balaban J connectivity index is 1.47. The fraction of sp³-hybridized carbons (Fsp3) is 0.364. The number of benzene rings is 2. The first-order valence-electron chi connectivity index (χ1n) is 10.4. The van der Waals surface area contributed by atoms with E-state index in [0.717, 1.165) is 0 Å². The second kappa shape index (κ2) is 8.91. The molecule has 1 fully saturated rings. The summed E-state index contributed by atoms with van der Waals surface area (Å²) in [7, 11) is -0.802. The summed E-state index contributed by atoms with van der Waals surface area (Å²) in [5, 5.41) is 2.66. The molecule has 0 aromatic heterocycles. The number of carbonyl (C=O) groups excluding carboxylic acids is 2. The van der Waals surface area contributed by atoms with Gasteiger partial charge in [0.05, 0.1) is 24.8 Å². The normalized spacial score (nSPS) is 18.7. The van der Waals surface area contributed by atoms with Gasteiger partial charge in [0.1, 0.15) is 17.2 Å². The van der Waals surface area contributed by atoms with E-state index in [2.05, 4.69) is 5.32 Å². The van der Waals surface area contributed by atoms with E-state index in [0.29, 0.717) is 28.5 Å². The molecule has 2 aliphatic rings. The molecule has 2 aliphatic heterocycles. The third-order valence-electron chi connectivity index (χ3n) is 5.64. The third kappa shape index (κ3) is 4.46. The average molecular weight is 476 g/mol. The fourth-order valence-electron chi connectivity index (χ4n) is 3.74. The van der Waals surface area contributed by atoms with E-state index in [1.165, 1.54) is 36.7 Å². The van der Waals surface area contributed by atoms with Gasteiger partial charge >= 0.3 is 0 Å². The molecule has 0 unspecified atom stereocenters. The topological polar surface area (TPSA) is 114 Å². The minimum atomic E-state index is -3.81. The lowest BCUT2D eigenvalue weighted by atomic mass is 10.1. The van der Waals surface area contributed by atoms with Crippen molar-refractivity contribution in [2.24, 2.45) is 0 Å². The van der Waals surface area contributed by atoms with Gasteiger partial charge in [-0.05, 0) is 37.3 Å². The minimum absolute atomic E-state index is 0.0528. The lowest BCUT2D eigenvalue weighted by Gasteiger charge is -2.34. The maximum atomic E-state index is 13.2. The molecule has 11 heteroatoms. The summed E-state index contributed by atoms with van der Waals surface area (Å²) in [6.07, 6.45) is -0.643. The number of methoxy groups -OCH3 is 2. The second-order valence-electron chi connectivity index (χ2n) is 7.70. The molecule has 176 valence electrons. The second-order valence-corrected chi connectivity index (χ2v) is 9.64. The van der Waals surface area contributed by atoms with Crippen LogP contribution in [0.4, 0.5) is 5.69 Å². The van der Waals surface area contributed by atoms with Crippen molar-refractivity contribution in [3.63, 3.8) is 0 Å². The van der Waals surface area contributed by atoms with Crippen molar-refractivity contribution < 1.29 is 32.2 Å². The number of nitrogens with one attached hydrogen (secondary N) is 1. The van der Waals surface area contributed by atoms with Crippen molar-refractivity contribution in [2.75, 3.05) is 45.7 Å². The van der Waals surface area contributed by atoms with Crippen LogP contribution in [-0.2, 0) is 14.8 Å². The van der Waals surface area contributed by atoms with Crippen molar-refractivity contribution in [1.82, 2.24) is 9.21 Å². The lowest BCUT2D eigenvalue weighted by molar-refractivity contribution is -0.122. The molecule has 0 spiro atoms. The summed E-state index contributed by atoms with van der Waals surface area (Å²) in [6, 6.07) is 9.31. The van der Waals surface area contributed by atoms with Crippen LogP contribution in [0.3, 0.4) is 0 Å². The van der Waals surface area contributed by atoms with Gasteiger partial charge in [-0.15, -0.1) is 0 Å². The first-order valence-corrected chi connectivity index (χ1v) is 11.8. The number of ether oxygens (including phenoxy) is 3. The monoisotopic (exact) mass is 475 g/mol. The number of nitrogens with zero attached hydrogens (tertiary/aromatic N) is 2. The quantitative estimate of drug-likeness (QED) is 0.698. The maximum Gasteiger partial charge on any atom is 0.265 e. The molecular weight excluding hydrogens is 450 g/mol. The van der Waals surface area contributed by atoms with Gasteiger partial charge < -0.3 is 24.4 Å². The third-order valence-corrected chi connectivity index (χ3v) is 7.54. The zero-order valence-corrected chi connectivity index (χ0v) is 19.3. The fourth-order valence-corrected chi connectivity index (χ4v) is 5.19. The number of rotatable bonds is 5. The SMILES string of the molecule is COc1cc(OC)cc(C(=O)N2CCN(S(=O)(=O)c3ccc4c(c3)NC(=O)[C@@H](C)O4)CC2)c1.